The molecule has 1 fully saturated rings. The number of halogens is 1. The molecule has 2 heterocycles. The quantitative estimate of drug-likeness (QED) is 0.279. The van der Waals surface area contributed by atoms with Crippen LogP contribution in [0.25, 0.3) is 0 Å². The van der Waals surface area contributed by atoms with Gasteiger partial charge in [-0.15, -0.1) is 0 Å². The lowest BCUT2D eigenvalue weighted by molar-refractivity contribution is -0.135. The van der Waals surface area contributed by atoms with E-state index in [9.17, 15) is 9.59 Å². The van der Waals surface area contributed by atoms with Crippen LogP contribution in [0.4, 0.5) is 5.82 Å². The minimum atomic E-state index is -0.0295. The Balaban J connectivity index is 1.96. The van der Waals surface area contributed by atoms with Crippen molar-refractivity contribution < 1.29 is 9.59 Å². The van der Waals surface area contributed by atoms with E-state index in [-0.39, 0.29) is 29.0 Å². The van der Waals surface area contributed by atoms with E-state index in [2.05, 4.69) is 54.8 Å². The van der Waals surface area contributed by atoms with Crippen LogP contribution in [0.2, 0.25) is 5.15 Å². The lowest BCUT2D eigenvalue weighted by Gasteiger charge is -2.41. The first-order valence-electron chi connectivity index (χ1n) is 10.6. The molecule has 0 aromatic carbocycles. The van der Waals surface area contributed by atoms with Gasteiger partial charge in [-0.05, 0) is 18.8 Å². The predicted molar refractivity (Wildman–Crippen MR) is 123 cm³/mol. The van der Waals surface area contributed by atoms with Crippen LogP contribution in [0.5, 0.6) is 0 Å². The minimum Gasteiger partial charge on any atom is -0.355 e. The zero-order valence-corrected chi connectivity index (χ0v) is 20.3. The summed E-state index contributed by atoms with van der Waals surface area (Å²) in [6.45, 7) is 13.1. The van der Waals surface area contributed by atoms with Crippen molar-refractivity contribution in [1.82, 2.24) is 20.2 Å². The normalized spacial score (nSPS) is 17.2. The largest absolute Gasteiger partial charge is 0.355 e. The van der Waals surface area contributed by atoms with Gasteiger partial charge in [-0.3, -0.25) is 9.59 Å². The van der Waals surface area contributed by atoms with Gasteiger partial charge in [0, 0.05) is 44.7 Å². The van der Waals surface area contributed by atoms with Gasteiger partial charge >= 0.3 is 0 Å². The summed E-state index contributed by atoms with van der Waals surface area (Å²) >= 11 is 7.50. The van der Waals surface area contributed by atoms with Gasteiger partial charge in [0.1, 0.15) is 11.0 Å². The Bertz CT molecular complexity index is 741. The number of amides is 2. The van der Waals surface area contributed by atoms with Crippen molar-refractivity contribution in [3.05, 3.63) is 11.2 Å². The van der Waals surface area contributed by atoms with Crippen molar-refractivity contribution in [2.24, 2.45) is 5.41 Å². The smallest absolute Gasteiger partial charge is 0.230 e. The lowest BCUT2D eigenvalue weighted by Crippen LogP contribution is -2.54. The van der Waals surface area contributed by atoms with Crippen molar-refractivity contribution in [3.8, 4) is 0 Å². The third kappa shape index (κ3) is 7.95. The number of rotatable bonds is 8. The second-order valence-electron chi connectivity index (χ2n) is 8.94. The van der Waals surface area contributed by atoms with E-state index in [1.165, 1.54) is 11.8 Å². The van der Waals surface area contributed by atoms with Gasteiger partial charge in [-0.1, -0.05) is 57.5 Å². The second kappa shape index (κ2) is 11.2. The molecule has 1 unspecified atom stereocenters. The molecule has 168 valence electrons. The average molecular weight is 456 g/mol. The molecule has 30 heavy (non-hydrogen) atoms. The zero-order valence-electron chi connectivity index (χ0n) is 18.7. The molecule has 0 saturated carbocycles. The number of carbonyl (C=O) groups is 2. The number of hydrogen-bond acceptors (Lipinski definition) is 6. The Morgan fingerprint density at radius 3 is 2.67 bits per heavy atom. The molecule has 1 saturated heterocycles. The van der Waals surface area contributed by atoms with E-state index in [1.807, 2.05) is 4.90 Å². The molecule has 0 spiro atoms. The van der Waals surface area contributed by atoms with Crippen LogP contribution in [0.3, 0.4) is 0 Å². The number of carbonyl (C=O) groups excluding carboxylic acids is 2. The standard InChI is InChI=1S/C21H34ClN5O2S/c1-6-7-8-23-18(28)14-30-20-24-16(22)11-17(25-20)26-9-10-27(15(2)13-26)19(29)12-21(3,4)5/h11,15H,6-10,12-14H2,1-5H3,(H,23,28). The van der Waals surface area contributed by atoms with Gasteiger partial charge in [0.25, 0.3) is 0 Å². The number of unbranched alkanes of at least 4 members (excludes halogenated alkanes) is 1. The highest BCUT2D eigenvalue weighted by atomic mass is 35.5. The summed E-state index contributed by atoms with van der Waals surface area (Å²) in [6.07, 6.45) is 2.55. The fraction of sp³-hybridized carbons (Fsp3) is 0.714. The molecule has 1 atom stereocenters. The highest BCUT2D eigenvalue weighted by Gasteiger charge is 2.30. The number of anilines is 1. The zero-order chi connectivity index (χ0) is 22.3. The lowest BCUT2D eigenvalue weighted by atomic mass is 9.91. The van der Waals surface area contributed by atoms with Crippen molar-refractivity contribution in [3.63, 3.8) is 0 Å². The molecule has 1 aromatic rings. The summed E-state index contributed by atoms with van der Waals surface area (Å²) in [5.41, 5.74) is -0.0247. The topological polar surface area (TPSA) is 78.4 Å². The average Bonchev–Trinajstić information content (AvgIpc) is 2.64. The van der Waals surface area contributed by atoms with E-state index in [4.69, 9.17) is 11.6 Å². The van der Waals surface area contributed by atoms with Crippen LogP contribution < -0.4 is 10.2 Å². The van der Waals surface area contributed by atoms with Crippen molar-refractivity contribution in [2.75, 3.05) is 36.8 Å². The predicted octanol–water partition coefficient (Wildman–Crippen LogP) is 3.61. The number of aromatic nitrogens is 2. The van der Waals surface area contributed by atoms with Crippen LogP contribution in [-0.4, -0.2) is 64.7 Å². The van der Waals surface area contributed by atoms with E-state index in [0.717, 1.165) is 18.7 Å². The van der Waals surface area contributed by atoms with Crippen LogP contribution in [-0.2, 0) is 9.59 Å². The summed E-state index contributed by atoms with van der Waals surface area (Å²) in [5, 5.41) is 3.73. The summed E-state index contributed by atoms with van der Waals surface area (Å²) in [7, 11) is 0. The van der Waals surface area contributed by atoms with Crippen LogP contribution in [0, 0.1) is 5.41 Å². The van der Waals surface area contributed by atoms with Gasteiger partial charge < -0.3 is 15.1 Å². The highest BCUT2D eigenvalue weighted by Crippen LogP contribution is 2.26. The van der Waals surface area contributed by atoms with E-state index in [1.54, 1.807) is 6.07 Å². The fourth-order valence-electron chi connectivity index (χ4n) is 3.29. The van der Waals surface area contributed by atoms with Crippen LogP contribution in [0.1, 0.15) is 53.9 Å². The van der Waals surface area contributed by atoms with E-state index >= 15 is 0 Å². The van der Waals surface area contributed by atoms with Crippen molar-refractivity contribution in [2.45, 2.75) is 65.1 Å². The molecule has 2 rings (SSSR count). The molecule has 9 heteroatoms. The fourth-order valence-corrected chi connectivity index (χ4v) is 4.20. The minimum absolute atomic E-state index is 0.0247. The molecule has 1 N–H and O–H groups in total. The number of thioether (sulfide) groups is 1. The molecule has 1 aliphatic rings. The molecule has 7 nitrogen and oxygen atoms in total. The maximum absolute atomic E-state index is 12.6. The van der Waals surface area contributed by atoms with E-state index in [0.29, 0.717) is 42.9 Å². The molecule has 0 radical (unpaired) electrons. The number of piperazine rings is 1. The molecule has 0 aliphatic carbocycles. The summed E-state index contributed by atoms with van der Waals surface area (Å²) in [6, 6.07) is 1.83. The third-order valence-corrected chi connectivity index (χ3v) is 5.84. The summed E-state index contributed by atoms with van der Waals surface area (Å²) < 4.78 is 0. The number of hydrogen-bond donors (Lipinski definition) is 1. The maximum atomic E-state index is 12.6. The Hall–Kier alpha value is -1.54. The second-order valence-corrected chi connectivity index (χ2v) is 10.3. The van der Waals surface area contributed by atoms with Gasteiger partial charge in [-0.2, -0.15) is 0 Å². The summed E-state index contributed by atoms with van der Waals surface area (Å²) in [4.78, 5) is 37.5. The van der Waals surface area contributed by atoms with Gasteiger partial charge in [0.15, 0.2) is 5.16 Å². The Morgan fingerprint density at radius 2 is 2.03 bits per heavy atom. The first kappa shape index (κ1) is 24.7. The number of nitrogens with one attached hydrogen (secondary N) is 1. The summed E-state index contributed by atoms with van der Waals surface area (Å²) in [5.74, 6) is 1.16. The highest BCUT2D eigenvalue weighted by molar-refractivity contribution is 7.99. The Morgan fingerprint density at radius 1 is 1.30 bits per heavy atom. The first-order valence-corrected chi connectivity index (χ1v) is 11.9. The van der Waals surface area contributed by atoms with Crippen LogP contribution >= 0.6 is 23.4 Å². The molecule has 0 bridgehead atoms. The van der Waals surface area contributed by atoms with E-state index < -0.39 is 0 Å². The third-order valence-electron chi connectivity index (χ3n) is 4.80. The molecule has 1 aliphatic heterocycles. The van der Waals surface area contributed by atoms with Crippen molar-refractivity contribution >= 4 is 41.0 Å². The van der Waals surface area contributed by atoms with Gasteiger partial charge in [-0.25, -0.2) is 9.97 Å². The SMILES string of the molecule is CCCCNC(=O)CSc1nc(Cl)cc(N2CCN(C(=O)CC(C)(C)C)C(C)C2)n1. The molecular formula is C21H34ClN5O2S. The molecule has 1 aromatic heterocycles. The maximum Gasteiger partial charge on any atom is 0.230 e. The Kier molecular flexibility index (Phi) is 9.22. The molecular weight excluding hydrogens is 422 g/mol. The number of nitrogens with zero attached hydrogens (tertiary/aromatic N) is 4. The molecule has 2 amide bonds. The monoisotopic (exact) mass is 455 g/mol. The first-order chi connectivity index (χ1) is 14.1. The van der Waals surface area contributed by atoms with Gasteiger partial charge in [0.05, 0.1) is 5.75 Å². The van der Waals surface area contributed by atoms with Gasteiger partial charge in [0.2, 0.25) is 11.8 Å². The Labute approximate surface area is 189 Å². The van der Waals surface area contributed by atoms with Crippen molar-refractivity contribution in [1.29, 1.82) is 0 Å². The van der Waals surface area contributed by atoms with Crippen LogP contribution in [0.15, 0.2) is 11.2 Å².